The van der Waals surface area contributed by atoms with Crippen LogP contribution >= 0.6 is 0 Å². The van der Waals surface area contributed by atoms with E-state index in [1.807, 2.05) is 54.7 Å². The lowest BCUT2D eigenvalue weighted by molar-refractivity contribution is -0.669. The number of benzene rings is 2. The van der Waals surface area contributed by atoms with E-state index in [9.17, 15) is 4.79 Å². The Bertz CT molecular complexity index is 885. The lowest BCUT2D eigenvalue weighted by atomic mass is 10.2. The molecule has 0 fully saturated rings. The van der Waals surface area contributed by atoms with Crippen LogP contribution in [0.15, 0.2) is 72.9 Å². The molecule has 1 amide bonds. The van der Waals surface area contributed by atoms with Gasteiger partial charge < -0.3 is 0 Å². The zero-order chi connectivity index (χ0) is 16.9. The monoisotopic (exact) mass is 317 g/mol. The molecule has 2 aromatic carbocycles. The number of aromatic nitrogens is 1. The number of amides is 1. The molecule has 1 aromatic heterocycles. The topological polar surface area (TPSA) is 24.2 Å². The molecule has 0 spiro atoms. The molecule has 3 nitrogen and oxygen atoms in total. The quantitative estimate of drug-likeness (QED) is 0.663. The first-order chi connectivity index (χ1) is 11.7. The third kappa shape index (κ3) is 3.20. The highest BCUT2D eigenvalue weighted by Crippen LogP contribution is 2.16. The third-order valence-corrected chi connectivity index (χ3v) is 4.06. The predicted molar refractivity (Wildman–Crippen MR) is 98.5 cm³/mol. The summed E-state index contributed by atoms with van der Waals surface area (Å²) in [5.41, 5.74) is 3.12. The first-order valence-electron chi connectivity index (χ1n) is 8.15. The largest absolute Gasteiger partial charge is 0.288 e. The van der Waals surface area contributed by atoms with Gasteiger partial charge in [-0.1, -0.05) is 30.3 Å². The Morgan fingerprint density at radius 1 is 1.00 bits per heavy atom. The van der Waals surface area contributed by atoms with E-state index in [0.717, 1.165) is 17.9 Å². The van der Waals surface area contributed by atoms with Crippen molar-refractivity contribution in [3.05, 3.63) is 78.6 Å². The molecule has 3 aromatic rings. The zero-order valence-electron chi connectivity index (χ0n) is 14.0. The number of rotatable bonds is 4. The summed E-state index contributed by atoms with van der Waals surface area (Å²) < 4.78 is 2.25. The van der Waals surface area contributed by atoms with Crippen molar-refractivity contribution in [2.24, 2.45) is 0 Å². The van der Waals surface area contributed by atoms with E-state index in [-0.39, 0.29) is 5.91 Å². The van der Waals surface area contributed by atoms with Gasteiger partial charge in [-0.2, -0.15) is 4.57 Å². The fourth-order valence-corrected chi connectivity index (χ4v) is 2.89. The summed E-state index contributed by atoms with van der Waals surface area (Å²) in [4.78, 5) is 13.7. The summed E-state index contributed by atoms with van der Waals surface area (Å²) in [6.45, 7) is 4.57. The minimum Gasteiger partial charge on any atom is -0.288 e. The molecule has 0 saturated carbocycles. The Balaban J connectivity index is 2.01. The first kappa shape index (κ1) is 15.9. The van der Waals surface area contributed by atoms with E-state index in [0.29, 0.717) is 0 Å². The highest BCUT2D eigenvalue weighted by atomic mass is 16.2. The minimum atomic E-state index is -0.0127. The van der Waals surface area contributed by atoms with Crippen LogP contribution < -0.4 is 9.47 Å². The standard InChI is InChI=1S/C21H21N2O/c1-3-22-20(14-13-18-9-7-8-12-21(18)22)15-16-23(17(2)24)19-10-5-4-6-11-19/h4-16H,3H2,1-2H3/q+1. The van der Waals surface area contributed by atoms with Gasteiger partial charge in [-0.3, -0.25) is 9.69 Å². The van der Waals surface area contributed by atoms with E-state index >= 15 is 0 Å². The first-order valence-corrected chi connectivity index (χ1v) is 8.15. The molecule has 0 bridgehead atoms. The van der Waals surface area contributed by atoms with E-state index < -0.39 is 0 Å². The Morgan fingerprint density at radius 2 is 1.71 bits per heavy atom. The molecule has 120 valence electrons. The number of carbonyl (C=O) groups is 1. The van der Waals surface area contributed by atoms with E-state index in [4.69, 9.17) is 0 Å². The Kier molecular flexibility index (Phi) is 4.71. The van der Waals surface area contributed by atoms with Crippen LogP contribution in [0.1, 0.15) is 19.5 Å². The summed E-state index contributed by atoms with van der Waals surface area (Å²) in [6, 6.07) is 22.2. The van der Waals surface area contributed by atoms with Gasteiger partial charge in [-0.05, 0) is 31.2 Å². The van der Waals surface area contributed by atoms with Crippen molar-refractivity contribution in [2.45, 2.75) is 20.4 Å². The van der Waals surface area contributed by atoms with Gasteiger partial charge in [0.25, 0.3) is 0 Å². The summed E-state index contributed by atoms with van der Waals surface area (Å²) >= 11 is 0. The number of fused-ring (bicyclic) bond motifs is 1. The normalized spacial score (nSPS) is 11.1. The number of pyridine rings is 1. The minimum absolute atomic E-state index is 0.0127. The van der Waals surface area contributed by atoms with Crippen LogP contribution in [-0.4, -0.2) is 5.91 Å². The maximum Gasteiger partial charge on any atom is 0.227 e. The number of nitrogens with zero attached hydrogens (tertiary/aromatic N) is 2. The van der Waals surface area contributed by atoms with Gasteiger partial charge in [0.1, 0.15) is 6.54 Å². The molecule has 1 heterocycles. The van der Waals surface area contributed by atoms with Crippen LogP contribution in [0.25, 0.3) is 17.0 Å². The van der Waals surface area contributed by atoms with Crippen LogP contribution in [0, 0.1) is 0 Å². The predicted octanol–water partition coefficient (Wildman–Crippen LogP) is 4.17. The number of hydrogen-bond donors (Lipinski definition) is 0. The maximum atomic E-state index is 12.0. The average Bonchev–Trinajstić information content (AvgIpc) is 2.62. The highest BCUT2D eigenvalue weighted by molar-refractivity contribution is 5.94. The fraction of sp³-hybridized carbons (Fsp3) is 0.143. The molecular formula is C21H21N2O+. The molecular weight excluding hydrogens is 296 g/mol. The lowest BCUT2D eigenvalue weighted by Gasteiger charge is -2.16. The van der Waals surface area contributed by atoms with Crippen molar-refractivity contribution in [2.75, 3.05) is 4.90 Å². The Hall–Kier alpha value is -2.94. The number of anilines is 1. The smallest absolute Gasteiger partial charge is 0.227 e. The highest BCUT2D eigenvalue weighted by Gasteiger charge is 2.13. The molecule has 0 aliphatic carbocycles. The van der Waals surface area contributed by atoms with Crippen LogP contribution in [0.3, 0.4) is 0 Å². The van der Waals surface area contributed by atoms with E-state index in [1.54, 1.807) is 11.8 Å². The maximum absolute atomic E-state index is 12.0. The summed E-state index contributed by atoms with van der Waals surface area (Å²) in [5.74, 6) is -0.0127. The molecule has 0 aliphatic heterocycles. The fourth-order valence-electron chi connectivity index (χ4n) is 2.89. The lowest BCUT2D eigenvalue weighted by Crippen LogP contribution is -2.36. The SMILES string of the molecule is CC[n+]1c(C=CN(C(C)=O)c2ccccc2)ccc2ccccc21. The molecule has 3 heteroatoms. The van der Waals surface area contributed by atoms with Crippen molar-refractivity contribution >= 4 is 28.6 Å². The summed E-state index contributed by atoms with van der Waals surface area (Å²) in [5, 5.41) is 1.21. The molecule has 0 aliphatic rings. The van der Waals surface area contributed by atoms with Gasteiger partial charge >= 0.3 is 0 Å². The zero-order valence-corrected chi connectivity index (χ0v) is 14.0. The Labute approximate surface area is 142 Å². The second-order valence-corrected chi connectivity index (χ2v) is 5.60. The Morgan fingerprint density at radius 3 is 2.42 bits per heavy atom. The van der Waals surface area contributed by atoms with Gasteiger partial charge in [0.15, 0.2) is 0 Å². The number of hydrogen-bond acceptors (Lipinski definition) is 1. The number of para-hydroxylation sites is 2. The second-order valence-electron chi connectivity index (χ2n) is 5.60. The van der Waals surface area contributed by atoms with Crippen LogP contribution in [-0.2, 0) is 11.3 Å². The molecule has 0 saturated heterocycles. The molecule has 24 heavy (non-hydrogen) atoms. The van der Waals surface area contributed by atoms with Crippen LogP contribution in [0.5, 0.6) is 0 Å². The van der Waals surface area contributed by atoms with Crippen LogP contribution in [0.4, 0.5) is 5.69 Å². The van der Waals surface area contributed by atoms with Crippen molar-refractivity contribution in [1.29, 1.82) is 0 Å². The van der Waals surface area contributed by atoms with Gasteiger partial charge in [-0.25, -0.2) is 0 Å². The van der Waals surface area contributed by atoms with Gasteiger partial charge in [0.2, 0.25) is 17.1 Å². The number of carbonyl (C=O) groups excluding carboxylic acids is 1. The summed E-state index contributed by atoms with van der Waals surface area (Å²) in [6.07, 6.45) is 3.83. The van der Waals surface area contributed by atoms with Crippen LogP contribution in [0.2, 0.25) is 0 Å². The van der Waals surface area contributed by atoms with Crippen molar-refractivity contribution in [1.82, 2.24) is 0 Å². The van der Waals surface area contributed by atoms with Crippen molar-refractivity contribution in [3.63, 3.8) is 0 Å². The second kappa shape index (κ2) is 7.09. The molecule has 0 N–H and O–H groups in total. The molecule has 0 radical (unpaired) electrons. The van der Waals surface area contributed by atoms with Crippen molar-refractivity contribution in [3.8, 4) is 0 Å². The summed E-state index contributed by atoms with van der Waals surface area (Å²) in [7, 11) is 0. The molecule has 0 unspecified atom stereocenters. The van der Waals surface area contributed by atoms with Gasteiger partial charge in [0, 0.05) is 42.4 Å². The molecule has 0 atom stereocenters. The van der Waals surface area contributed by atoms with Gasteiger partial charge in [0.05, 0.1) is 0 Å². The van der Waals surface area contributed by atoms with Gasteiger partial charge in [-0.15, -0.1) is 0 Å². The molecule has 3 rings (SSSR count). The van der Waals surface area contributed by atoms with E-state index in [1.165, 1.54) is 10.9 Å². The van der Waals surface area contributed by atoms with Crippen molar-refractivity contribution < 1.29 is 9.36 Å². The number of aryl methyl sites for hydroxylation is 1. The van der Waals surface area contributed by atoms with E-state index in [2.05, 4.69) is 35.8 Å². The average molecular weight is 317 g/mol. The third-order valence-electron chi connectivity index (χ3n) is 4.06.